The Bertz CT molecular complexity index is 303. The molecular formula is C15H26N2O2. The Balaban J connectivity index is 1.67. The summed E-state index contributed by atoms with van der Waals surface area (Å²) in [5, 5.41) is 3.00. The van der Waals surface area contributed by atoms with Gasteiger partial charge in [-0.25, -0.2) is 4.79 Å². The van der Waals surface area contributed by atoms with Crippen LogP contribution in [0, 0.1) is 5.92 Å². The van der Waals surface area contributed by atoms with Gasteiger partial charge in [-0.05, 0) is 32.1 Å². The van der Waals surface area contributed by atoms with Crippen LogP contribution in [-0.4, -0.2) is 43.3 Å². The van der Waals surface area contributed by atoms with Crippen molar-refractivity contribution in [3.63, 3.8) is 0 Å². The third kappa shape index (κ3) is 4.23. The molecule has 2 aliphatic rings. The zero-order valence-electron chi connectivity index (χ0n) is 11.9. The van der Waals surface area contributed by atoms with Crippen molar-refractivity contribution in [1.29, 1.82) is 0 Å². The van der Waals surface area contributed by atoms with E-state index in [1.54, 1.807) is 0 Å². The molecule has 2 rings (SSSR count). The molecule has 0 radical (unpaired) electrons. The van der Waals surface area contributed by atoms with Crippen LogP contribution < -0.4 is 5.32 Å². The van der Waals surface area contributed by atoms with Crippen LogP contribution in [-0.2, 0) is 4.74 Å². The molecule has 1 aliphatic carbocycles. The fourth-order valence-corrected chi connectivity index (χ4v) is 3.08. The molecule has 1 unspecified atom stereocenters. The summed E-state index contributed by atoms with van der Waals surface area (Å²) >= 11 is 0. The number of rotatable bonds is 6. The molecular weight excluding hydrogens is 240 g/mol. The molecule has 19 heavy (non-hydrogen) atoms. The van der Waals surface area contributed by atoms with E-state index in [0.717, 1.165) is 32.7 Å². The van der Waals surface area contributed by atoms with Crippen molar-refractivity contribution in [1.82, 2.24) is 10.2 Å². The van der Waals surface area contributed by atoms with Crippen molar-refractivity contribution in [2.45, 2.75) is 45.1 Å². The lowest BCUT2D eigenvalue weighted by Gasteiger charge is -2.24. The molecule has 1 fully saturated rings. The molecule has 108 valence electrons. The van der Waals surface area contributed by atoms with Gasteiger partial charge in [-0.1, -0.05) is 25.0 Å². The molecule has 0 aromatic rings. The molecule has 0 saturated heterocycles. The molecule has 0 spiro atoms. The van der Waals surface area contributed by atoms with Crippen molar-refractivity contribution in [3.8, 4) is 0 Å². The SMILES string of the molecule is CCOC(CCNC(=O)N1CC=CC1)C1CCCC1. The predicted octanol–water partition coefficient (Wildman–Crippen LogP) is 2.55. The molecule has 1 atom stereocenters. The van der Waals surface area contributed by atoms with Gasteiger partial charge in [0.15, 0.2) is 0 Å². The van der Waals surface area contributed by atoms with Gasteiger partial charge in [0, 0.05) is 26.2 Å². The van der Waals surface area contributed by atoms with Crippen LogP contribution in [0.2, 0.25) is 0 Å². The molecule has 1 N–H and O–H groups in total. The quantitative estimate of drug-likeness (QED) is 0.751. The van der Waals surface area contributed by atoms with Gasteiger partial charge in [0.1, 0.15) is 0 Å². The molecule has 4 heteroatoms. The highest BCUT2D eigenvalue weighted by atomic mass is 16.5. The molecule has 0 aromatic carbocycles. The standard InChI is InChI=1S/C15H26N2O2/c1-2-19-14(13-7-3-4-8-13)9-10-16-15(18)17-11-5-6-12-17/h5-6,13-14H,2-4,7-12H2,1H3,(H,16,18). The Morgan fingerprint density at radius 2 is 2.05 bits per heavy atom. The first-order chi connectivity index (χ1) is 9.31. The van der Waals surface area contributed by atoms with Gasteiger partial charge >= 0.3 is 6.03 Å². The first kappa shape index (κ1) is 14.4. The number of ether oxygens (including phenoxy) is 1. The van der Waals surface area contributed by atoms with Crippen LogP contribution >= 0.6 is 0 Å². The zero-order chi connectivity index (χ0) is 13.5. The first-order valence-electron chi connectivity index (χ1n) is 7.60. The second kappa shape index (κ2) is 7.53. The third-order valence-electron chi connectivity index (χ3n) is 4.12. The molecule has 4 nitrogen and oxygen atoms in total. The van der Waals surface area contributed by atoms with Gasteiger partial charge in [-0.3, -0.25) is 0 Å². The van der Waals surface area contributed by atoms with Crippen molar-refractivity contribution in [2.75, 3.05) is 26.2 Å². The van der Waals surface area contributed by atoms with Crippen molar-refractivity contribution < 1.29 is 9.53 Å². The van der Waals surface area contributed by atoms with Crippen molar-refractivity contribution in [3.05, 3.63) is 12.2 Å². The van der Waals surface area contributed by atoms with E-state index < -0.39 is 0 Å². The van der Waals surface area contributed by atoms with E-state index in [0.29, 0.717) is 12.0 Å². The van der Waals surface area contributed by atoms with Crippen LogP contribution in [0.1, 0.15) is 39.0 Å². The minimum atomic E-state index is 0.0478. The maximum atomic E-state index is 11.8. The zero-order valence-corrected chi connectivity index (χ0v) is 11.9. The average Bonchev–Trinajstić information content (AvgIpc) is 3.10. The normalized spacial score (nSPS) is 21.0. The molecule has 1 aliphatic heterocycles. The third-order valence-corrected chi connectivity index (χ3v) is 4.12. The summed E-state index contributed by atoms with van der Waals surface area (Å²) in [6.45, 7) is 5.02. The van der Waals surface area contributed by atoms with Crippen LogP contribution in [0.5, 0.6) is 0 Å². The Labute approximate surface area is 116 Å². The first-order valence-corrected chi connectivity index (χ1v) is 7.60. The summed E-state index contributed by atoms with van der Waals surface area (Å²) in [7, 11) is 0. The van der Waals surface area contributed by atoms with E-state index in [9.17, 15) is 4.79 Å². The number of carbonyl (C=O) groups excluding carboxylic acids is 1. The Hall–Kier alpha value is -1.03. The second-order valence-corrected chi connectivity index (χ2v) is 5.44. The van der Waals surface area contributed by atoms with Crippen molar-refractivity contribution >= 4 is 6.03 Å². The van der Waals surface area contributed by atoms with E-state index >= 15 is 0 Å². The minimum Gasteiger partial charge on any atom is -0.378 e. The summed E-state index contributed by atoms with van der Waals surface area (Å²) in [5.74, 6) is 0.699. The van der Waals surface area contributed by atoms with Gasteiger partial charge < -0.3 is 15.0 Å². The van der Waals surface area contributed by atoms with Crippen LogP contribution in [0.4, 0.5) is 4.79 Å². The smallest absolute Gasteiger partial charge is 0.317 e. The van der Waals surface area contributed by atoms with Gasteiger partial charge in [0.2, 0.25) is 0 Å². The fraction of sp³-hybridized carbons (Fsp3) is 0.800. The fourth-order valence-electron chi connectivity index (χ4n) is 3.08. The Kier molecular flexibility index (Phi) is 5.70. The molecule has 2 amide bonds. The number of nitrogens with one attached hydrogen (secondary N) is 1. The number of hydrogen-bond acceptors (Lipinski definition) is 2. The van der Waals surface area contributed by atoms with E-state index in [-0.39, 0.29) is 6.03 Å². The molecule has 0 aromatic heterocycles. The van der Waals surface area contributed by atoms with Gasteiger partial charge in [0.05, 0.1) is 6.10 Å². The van der Waals surface area contributed by atoms with Crippen LogP contribution in [0.25, 0.3) is 0 Å². The lowest BCUT2D eigenvalue weighted by Crippen LogP contribution is -2.40. The lowest BCUT2D eigenvalue weighted by atomic mass is 9.98. The maximum Gasteiger partial charge on any atom is 0.317 e. The topological polar surface area (TPSA) is 41.6 Å². The largest absolute Gasteiger partial charge is 0.378 e. The number of amides is 2. The van der Waals surface area contributed by atoms with Gasteiger partial charge in [-0.2, -0.15) is 0 Å². The van der Waals surface area contributed by atoms with Gasteiger partial charge in [0.25, 0.3) is 0 Å². The summed E-state index contributed by atoms with van der Waals surface area (Å²) in [4.78, 5) is 13.7. The van der Waals surface area contributed by atoms with Crippen LogP contribution in [0.3, 0.4) is 0 Å². The summed E-state index contributed by atoms with van der Waals surface area (Å²) < 4.78 is 5.86. The van der Waals surface area contributed by atoms with E-state index in [1.807, 2.05) is 17.1 Å². The minimum absolute atomic E-state index is 0.0478. The molecule has 1 saturated carbocycles. The van der Waals surface area contributed by atoms with E-state index in [4.69, 9.17) is 4.74 Å². The van der Waals surface area contributed by atoms with E-state index in [1.165, 1.54) is 25.7 Å². The number of urea groups is 1. The van der Waals surface area contributed by atoms with Crippen molar-refractivity contribution in [2.24, 2.45) is 5.92 Å². The highest BCUT2D eigenvalue weighted by Gasteiger charge is 2.25. The second-order valence-electron chi connectivity index (χ2n) is 5.44. The maximum absolute atomic E-state index is 11.8. The summed E-state index contributed by atoms with van der Waals surface area (Å²) in [5.41, 5.74) is 0. The Morgan fingerprint density at radius 1 is 1.37 bits per heavy atom. The predicted molar refractivity (Wildman–Crippen MR) is 76.1 cm³/mol. The summed E-state index contributed by atoms with van der Waals surface area (Å²) in [6, 6.07) is 0.0478. The van der Waals surface area contributed by atoms with Crippen LogP contribution in [0.15, 0.2) is 12.2 Å². The molecule has 1 heterocycles. The lowest BCUT2D eigenvalue weighted by molar-refractivity contribution is 0.0166. The number of carbonyl (C=O) groups is 1. The molecule has 0 bridgehead atoms. The number of nitrogens with zero attached hydrogens (tertiary/aromatic N) is 1. The number of hydrogen-bond donors (Lipinski definition) is 1. The average molecular weight is 266 g/mol. The highest BCUT2D eigenvalue weighted by Crippen LogP contribution is 2.30. The highest BCUT2D eigenvalue weighted by molar-refractivity contribution is 5.74. The van der Waals surface area contributed by atoms with Gasteiger partial charge in [-0.15, -0.1) is 0 Å². The van der Waals surface area contributed by atoms with E-state index in [2.05, 4.69) is 12.2 Å². The summed E-state index contributed by atoms with van der Waals surface area (Å²) in [6.07, 6.45) is 10.6. The Morgan fingerprint density at radius 3 is 2.68 bits per heavy atom. The monoisotopic (exact) mass is 266 g/mol.